The third kappa shape index (κ3) is 3.11. The fourth-order valence-corrected chi connectivity index (χ4v) is 1.88. The Labute approximate surface area is 76.1 Å². The van der Waals surface area contributed by atoms with Crippen LogP contribution in [0.1, 0.15) is 33.1 Å². The predicted molar refractivity (Wildman–Crippen MR) is 53.3 cm³/mol. The molecule has 0 unspecified atom stereocenters. The van der Waals surface area contributed by atoms with Gasteiger partial charge in [0.1, 0.15) is 0 Å². The minimum absolute atomic E-state index is 0.762. The lowest BCUT2D eigenvalue weighted by molar-refractivity contribution is 0.303. The zero-order valence-electron chi connectivity index (χ0n) is 8.40. The molecule has 2 atom stereocenters. The van der Waals surface area contributed by atoms with Gasteiger partial charge in [-0.25, -0.2) is 0 Å². The van der Waals surface area contributed by atoms with Crippen LogP contribution in [-0.4, -0.2) is 25.7 Å². The second-order valence-corrected chi connectivity index (χ2v) is 3.84. The van der Waals surface area contributed by atoms with E-state index in [4.69, 9.17) is 0 Å². The highest BCUT2D eigenvalue weighted by molar-refractivity contribution is 4.78. The molecule has 12 heavy (non-hydrogen) atoms. The lowest BCUT2D eigenvalue weighted by Gasteiger charge is -2.29. The molecule has 2 heteroatoms. The third-order valence-corrected chi connectivity index (χ3v) is 2.75. The summed E-state index contributed by atoms with van der Waals surface area (Å²) in [4.78, 5) is 0. The molecule has 1 rings (SSSR count). The summed E-state index contributed by atoms with van der Waals surface area (Å²) in [6.45, 7) is 7.99. The highest BCUT2D eigenvalue weighted by atomic mass is 14.9. The monoisotopic (exact) mass is 170 g/mol. The lowest BCUT2D eigenvalue weighted by atomic mass is 9.93. The highest BCUT2D eigenvalue weighted by Crippen LogP contribution is 2.14. The molecule has 2 N–H and O–H groups in total. The lowest BCUT2D eigenvalue weighted by Crippen LogP contribution is -2.42. The van der Waals surface area contributed by atoms with E-state index in [0.29, 0.717) is 0 Å². The average molecular weight is 170 g/mol. The minimum Gasteiger partial charge on any atom is -0.317 e. The van der Waals surface area contributed by atoms with Crippen molar-refractivity contribution in [2.45, 2.75) is 39.2 Å². The van der Waals surface area contributed by atoms with E-state index in [9.17, 15) is 0 Å². The molecule has 0 bridgehead atoms. The summed E-state index contributed by atoms with van der Waals surface area (Å²) in [6, 6.07) is 0.762. The summed E-state index contributed by atoms with van der Waals surface area (Å²) in [5.74, 6) is 0.783. The van der Waals surface area contributed by atoms with Gasteiger partial charge in [-0.2, -0.15) is 0 Å². The zero-order chi connectivity index (χ0) is 8.81. The average Bonchev–Trinajstić information content (AvgIpc) is 2.15. The SMILES string of the molecule is CCNC[C@H](C)[C@H]1CCCCN1. The molecule has 0 aromatic rings. The Kier molecular flexibility index (Phi) is 4.62. The number of nitrogens with one attached hydrogen (secondary N) is 2. The maximum absolute atomic E-state index is 3.59. The van der Waals surface area contributed by atoms with Crippen LogP contribution in [0.15, 0.2) is 0 Å². The first-order valence-electron chi connectivity index (χ1n) is 5.28. The summed E-state index contributed by atoms with van der Waals surface area (Å²) in [5.41, 5.74) is 0. The molecule has 0 aliphatic carbocycles. The van der Waals surface area contributed by atoms with E-state index in [0.717, 1.165) is 25.0 Å². The van der Waals surface area contributed by atoms with Gasteiger partial charge in [-0.05, 0) is 38.4 Å². The van der Waals surface area contributed by atoms with Crippen LogP contribution in [-0.2, 0) is 0 Å². The highest BCUT2D eigenvalue weighted by Gasteiger charge is 2.18. The Morgan fingerprint density at radius 3 is 2.92 bits per heavy atom. The molecule has 0 spiro atoms. The second-order valence-electron chi connectivity index (χ2n) is 3.84. The largest absolute Gasteiger partial charge is 0.317 e. The van der Waals surface area contributed by atoms with Crippen LogP contribution in [0, 0.1) is 5.92 Å². The van der Waals surface area contributed by atoms with Crippen molar-refractivity contribution < 1.29 is 0 Å². The van der Waals surface area contributed by atoms with Crippen molar-refractivity contribution in [3.63, 3.8) is 0 Å². The predicted octanol–water partition coefficient (Wildman–Crippen LogP) is 1.37. The Balaban J connectivity index is 2.15. The third-order valence-electron chi connectivity index (χ3n) is 2.75. The summed E-state index contributed by atoms with van der Waals surface area (Å²) >= 11 is 0. The van der Waals surface area contributed by atoms with E-state index < -0.39 is 0 Å². The summed E-state index contributed by atoms with van der Waals surface area (Å²) in [6.07, 6.45) is 4.14. The minimum atomic E-state index is 0.762. The van der Waals surface area contributed by atoms with Gasteiger partial charge in [0, 0.05) is 6.04 Å². The van der Waals surface area contributed by atoms with Gasteiger partial charge in [0.15, 0.2) is 0 Å². The molecular weight excluding hydrogens is 148 g/mol. The smallest absolute Gasteiger partial charge is 0.0105 e. The molecule has 2 nitrogen and oxygen atoms in total. The van der Waals surface area contributed by atoms with E-state index in [2.05, 4.69) is 24.5 Å². The molecular formula is C10H22N2. The normalized spacial score (nSPS) is 27.0. The summed E-state index contributed by atoms with van der Waals surface area (Å²) in [7, 11) is 0. The van der Waals surface area contributed by atoms with Crippen molar-refractivity contribution in [3.8, 4) is 0 Å². The van der Waals surface area contributed by atoms with Gasteiger partial charge in [-0.15, -0.1) is 0 Å². The van der Waals surface area contributed by atoms with Gasteiger partial charge in [0.2, 0.25) is 0 Å². The van der Waals surface area contributed by atoms with Crippen molar-refractivity contribution in [2.75, 3.05) is 19.6 Å². The number of rotatable bonds is 4. The summed E-state index contributed by atoms with van der Waals surface area (Å²) in [5, 5.41) is 6.99. The van der Waals surface area contributed by atoms with Crippen LogP contribution in [0.25, 0.3) is 0 Å². The Bertz CT molecular complexity index is 108. The maximum atomic E-state index is 3.59. The maximum Gasteiger partial charge on any atom is 0.0105 e. The van der Waals surface area contributed by atoms with Crippen molar-refractivity contribution in [1.29, 1.82) is 0 Å². The van der Waals surface area contributed by atoms with Crippen molar-refractivity contribution in [2.24, 2.45) is 5.92 Å². The Morgan fingerprint density at radius 1 is 1.50 bits per heavy atom. The second kappa shape index (κ2) is 5.55. The van der Waals surface area contributed by atoms with Gasteiger partial charge in [-0.1, -0.05) is 20.3 Å². The molecule has 1 heterocycles. The van der Waals surface area contributed by atoms with Crippen LogP contribution in [0.4, 0.5) is 0 Å². The standard InChI is InChI=1S/C10H22N2/c1-3-11-8-9(2)10-6-4-5-7-12-10/h9-12H,3-8H2,1-2H3/t9-,10+/m0/s1. The fraction of sp³-hybridized carbons (Fsp3) is 1.00. The molecule has 0 saturated carbocycles. The van der Waals surface area contributed by atoms with E-state index in [1.807, 2.05) is 0 Å². The van der Waals surface area contributed by atoms with Gasteiger partial charge in [0.25, 0.3) is 0 Å². The molecule has 1 fully saturated rings. The van der Waals surface area contributed by atoms with Crippen LogP contribution in [0.2, 0.25) is 0 Å². The number of hydrogen-bond acceptors (Lipinski definition) is 2. The van der Waals surface area contributed by atoms with Gasteiger partial charge < -0.3 is 10.6 Å². The van der Waals surface area contributed by atoms with Crippen LogP contribution < -0.4 is 10.6 Å². The first-order chi connectivity index (χ1) is 5.84. The number of piperidine rings is 1. The first kappa shape index (κ1) is 10.0. The van der Waals surface area contributed by atoms with Crippen molar-refractivity contribution in [1.82, 2.24) is 10.6 Å². The van der Waals surface area contributed by atoms with Gasteiger partial charge >= 0.3 is 0 Å². The Hall–Kier alpha value is -0.0800. The fourth-order valence-electron chi connectivity index (χ4n) is 1.88. The molecule has 1 aliphatic rings. The molecule has 0 aromatic heterocycles. The van der Waals surface area contributed by atoms with Gasteiger partial charge in [-0.3, -0.25) is 0 Å². The van der Waals surface area contributed by atoms with Crippen LogP contribution in [0.3, 0.4) is 0 Å². The van der Waals surface area contributed by atoms with E-state index in [1.54, 1.807) is 0 Å². The topological polar surface area (TPSA) is 24.1 Å². The quantitative estimate of drug-likeness (QED) is 0.666. The van der Waals surface area contributed by atoms with E-state index >= 15 is 0 Å². The van der Waals surface area contributed by atoms with Crippen LogP contribution in [0.5, 0.6) is 0 Å². The van der Waals surface area contributed by atoms with E-state index in [-0.39, 0.29) is 0 Å². The van der Waals surface area contributed by atoms with Gasteiger partial charge in [0.05, 0.1) is 0 Å². The molecule has 0 aromatic carbocycles. The molecule has 72 valence electrons. The molecule has 0 radical (unpaired) electrons. The molecule has 0 amide bonds. The van der Waals surface area contributed by atoms with Crippen LogP contribution >= 0.6 is 0 Å². The molecule has 1 aliphatic heterocycles. The number of hydrogen-bond donors (Lipinski definition) is 2. The first-order valence-corrected chi connectivity index (χ1v) is 5.28. The van der Waals surface area contributed by atoms with Crippen molar-refractivity contribution >= 4 is 0 Å². The summed E-state index contributed by atoms with van der Waals surface area (Å²) < 4.78 is 0. The van der Waals surface area contributed by atoms with Crippen molar-refractivity contribution in [3.05, 3.63) is 0 Å². The zero-order valence-corrected chi connectivity index (χ0v) is 8.40. The van der Waals surface area contributed by atoms with E-state index in [1.165, 1.54) is 25.8 Å². The molecule has 1 saturated heterocycles. The Morgan fingerprint density at radius 2 is 2.33 bits per heavy atom.